The van der Waals surface area contributed by atoms with E-state index in [2.05, 4.69) is 11.9 Å². The van der Waals surface area contributed by atoms with Crippen LogP contribution in [-0.2, 0) is 25.2 Å². The number of amides is 1. The first kappa shape index (κ1) is 19.4. The Balaban J connectivity index is 2.13. The second-order valence-corrected chi connectivity index (χ2v) is 8.44. The Labute approximate surface area is 147 Å². The lowest BCUT2D eigenvalue weighted by molar-refractivity contribution is -0.148. The third kappa shape index (κ3) is 3.84. The van der Waals surface area contributed by atoms with Crippen LogP contribution in [0.4, 0.5) is 4.79 Å². The van der Waals surface area contributed by atoms with E-state index in [0.717, 1.165) is 5.56 Å². The van der Waals surface area contributed by atoms with Crippen LogP contribution in [0.1, 0.15) is 18.9 Å². The van der Waals surface area contributed by atoms with Crippen molar-refractivity contribution in [2.45, 2.75) is 31.0 Å². The highest BCUT2D eigenvalue weighted by atomic mass is 31.2. The number of carbonyl (C=O) groups excluding carboxylic acids is 2. The fourth-order valence-corrected chi connectivity index (χ4v) is 3.55. The summed E-state index contributed by atoms with van der Waals surface area (Å²) in [5.41, 5.74) is 3.40. The van der Waals surface area contributed by atoms with Gasteiger partial charge in [-0.25, -0.2) is 4.79 Å². The molecule has 136 valence electrons. The number of rotatable bonds is 8. The summed E-state index contributed by atoms with van der Waals surface area (Å²) in [6.07, 6.45) is 1.51. The molecule has 1 saturated carbocycles. The van der Waals surface area contributed by atoms with Gasteiger partial charge < -0.3 is 20.3 Å². The fraction of sp³-hybridized carbons (Fsp3) is 0.412. The SMILES string of the molecule is C=CC1(N)CC1(NC(=O)P(C)(=O)OCC)C(=O)OCc1ccccc1. The van der Waals surface area contributed by atoms with Crippen molar-refractivity contribution >= 4 is 19.0 Å². The zero-order valence-corrected chi connectivity index (χ0v) is 15.3. The molecule has 0 heterocycles. The minimum atomic E-state index is -3.57. The summed E-state index contributed by atoms with van der Waals surface area (Å²) >= 11 is 0. The number of nitrogens with two attached hydrogens (primary N) is 1. The molecule has 2 rings (SSSR count). The predicted octanol–water partition coefficient (Wildman–Crippen LogP) is 2.41. The van der Waals surface area contributed by atoms with Crippen molar-refractivity contribution in [1.82, 2.24) is 5.32 Å². The number of ether oxygens (including phenoxy) is 1. The summed E-state index contributed by atoms with van der Waals surface area (Å²) < 4.78 is 22.6. The number of benzene rings is 1. The van der Waals surface area contributed by atoms with Gasteiger partial charge in [0.05, 0.1) is 12.1 Å². The van der Waals surface area contributed by atoms with Gasteiger partial charge in [0.25, 0.3) is 7.37 Å². The van der Waals surface area contributed by atoms with E-state index in [4.69, 9.17) is 15.0 Å². The Morgan fingerprint density at radius 1 is 1.40 bits per heavy atom. The molecule has 1 aliphatic carbocycles. The smallest absolute Gasteiger partial charge is 0.334 e. The fourth-order valence-electron chi connectivity index (χ4n) is 2.55. The standard InChI is InChI=1S/C17H23N2O5P/c1-4-16(18)12-17(16,19-15(21)25(3,22)24-5-2)14(20)23-11-13-9-7-6-8-10-13/h4,6-10H,1,5,11-12,18H2,2-3H3,(H,19,21). The Hall–Kier alpha value is -1.95. The van der Waals surface area contributed by atoms with Gasteiger partial charge >= 0.3 is 11.6 Å². The molecule has 0 bridgehead atoms. The maximum Gasteiger partial charge on any atom is 0.334 e. The highest BCUT2D eigenvalue weighted by Gasteiger charge is 2.71. The molecular weight excluding hydrogens is 343 g/mol. The predicted molar refractivity (Wildman–Crippen MR) is 94.4 cm³/mol. The minimum absolute atomic E-state index is 0.0414. The van der Waals surface area contributed by atoms with E-state index < -0.39 is 30.1 Å². The average Bonchev–Trinajstić information content (AvgIpc) is 3.19. The van der Waals surface area contributed by atoms with Crippen molar-refractivity contribution in [3.63, 3.8) is 0 Å². The van der Waals surface area contributed by atoms with Gasteiger partial charge in [-0.3, -0.25) is 9.36 Å². The number of esters is 1. The van der Waals surface area contributed by atoms with Crippen LogP contribution in [0, 0.1) is 0 Å². The van der Waals surface area contributed by atoms with Crippen LogP contribution < -0.4 is 11.1 Å². The summed E-state index contributed by atoms with van der Waals surface area (Å²) in [5, 5.41) is 2.47. The van der Waals surface area contributed by atoms with Crippen LogP contribution >= 0.6 is 7.37 Å². The summed E-state index contributed by atoms with van der Waals surface area (Å²) in [6.45, 7) is 6.59. The van der Waals surface area contributed by atoms with Crippen molar-refractivity contribution in [3.8, 4) is 0 Å². The highest BCUT2D eigenvalue weighted by Crippen LogP contribution is 2.51. The quantitative estimate of drug-likeness (QED) is 0.416. The number of carbonyl (C=O) groups is 2. The second kappa shape index (κ2) is 7.12. The molecule has 1 amide bonds. The van der Waals surface area contributed by atoms with E-state index in [1.54, 1.807) is 6.92 Å². The monoisotopic (exact) mass is 366 g/mol. The highest BCUT2D eigenvalue weighted by molar-refractivity contribution is 7.75. The van der Waals surface area contributed by atoms with Crippen molar-refractivity contribution < 1.29 is 23.4 Å². The van der Waals surface area contributed by atoms with Crippen LogP contribution in [0.5, 0.6) is 0 Å². The van der Waals surface area contributed by atoms with E-state index in [9.17, 15) is 14.2 Å². The summed E-state index contributed by atoms with van der Waals surface area (Å²) in [4.78, 5) is 24.9. The first-order chi connectivity index (χ1) is 11.7. The van der Waals surface area contributed by atoms with E-state index in [1.807, 2.05) is 30.3 Å². The maximum absolute atomic E-state index is 12.6. The molecule has 1 aromatic carbocycles. The van der Waals surface area contributed by atoms with Gasteiger partial charge in [-0.2, -0.15) is 0 Å². The molecule has 0 saturated heterocycles. The third-order valence-corrected chi connectivity index (χ3v) is 5.82. The van der Waals surface area contributed by atoms with Gasteiger partial charge in [-0.05, 0) is 12.5 Å². The summed E-state index contributed by atoms with van der Waals surface area (Å²) in [6, 6.07) is 9.12. The van der Waals surface area contributed by atoms with Gasteiger partial charge in [-0.1, -0.05) is 36.4 Å². The first-order valence-corrected chi connectivity index (χ1v) is 9.96. The lowest BCUT2D eigenvalue weighted by atomic mass is 10.1. The van der Waals surface area contributed by atoms with Crippen molar-refractivity contribution in [2.24, 2.45) is 5.73 Å². The van der Waals surface area contributed by atoms with E-state index >= 15 is 0 Å². The molecular formula is C17H23N2O5P. The molecule has 3 N–H and O–H groups in total. The Bertz CT molecular complexity index is 723. The molecule has 0 spiro atoms. The topological polar surface area (TPSA) is 108 Å². The van der Waals surface area contributed by atoms with Gasteiger partial charge in [0.1, 0.15) is 6.61 Å². The minimum Gasteiger partial charge on any atom is -0.459 e. The molecule has 0 radical (unpaired) electrons. The van der Waals surface area contributed by atoms with Gasteiger partial charge in [0, 0.05) is 13.1 Å². The van der Waals surface area contributed by atoms with Crippen LogP contribution in [-0.4, -0.2) is 36.0 Å². The zero-order chi connectivity index (χ0) is 18.7. The third-order valence-electron chi connectivity index (χ3n) is 4.22. The Kier molecular flexibility index (Phi) is 5.52. The lowest BCUT2D eigenvalue weighted by Gasteiger charge is -2.22. The molecule has 1 aliphatic rings. The van der Waals surface area contributed by atoms with Crippen LogP contribution in [0.25, 0.3) is 0 Å². The zero-order valence-electron chi connectivity index (χ0n) is 14.4. The molecule has 7 nitrogen and oxygen atoms in total. The van der Waals surface area contributed by atoms with Crippen molar-refractivity contribution in [2.75, 3.05) is 13.3 Å². The van der Waals surface area contributed by atoms with Gasteiger partial charge in [0.15, 0.2) is 5.54 Å². The van der Waals surface area contributed by atoms with Crippen LogP contribution in [0.3, 0.4) is 0 Å². The molecule has 25 heavy (non-hydrogen) atoms. The normalized spacial score (nSPS) is 27.0. The molecule has 3 atom stereocenters. The molecule has 8 heteroatoms. The Morgan fingerprint density at radius 2 is 2.04 bits per heavy atom. The molecule has 1 fully saturated rings. The van der Waals surface area contributed by atoms with E-state index in [-0.39, 0.29) is 19.6 Å². The van der Waals surface area contributed by atoms with E-state index in [1.165, 1.54) is 12.7 Å². The number of nitrogens with one attached hydrogen (secondary N) is 1. The first-order valence-electron chi connectivity index (χ1n) is 7.89. The number of hydrogen-bond donors (Lipinski definition) is 2. The summed E-state index contributed by atoms with van der Waals surface area (Å²) in [5.74, 6) is -0.691. The largest absolute Gasteiger partial charge is 0.459 e. The van der Waals surface area contributed by atoms with Crippen molar-refractivity contribution in [3.05, 3.63) is 48.6 Å². The lowest BCUT2D eigenvalue weighted by Crippen LogP contribution is -2.52. The van der Waals surface area contributed by atoms with E-state index in [0.29, 0.717) is 0 Å². The maximum atomic E-state index is 12.6. The Morgan fingerprint density at radius 3 is 2.56 bits per heavy atom. The molecule has 3 unspecified atom stereocenters. The molecule has 0 aromatic heterocycles. The average molecular weight is 366 g/mol. The molecule has 0 aliphatic heterocycles. The van der Waals surface area contributed by atoms with Crippen LogP contribution in [0.2, 0.25) is 0 Å². The molecule has 1 aromatic rings. The second-order valence-electron chi connectivity index (χ2n) is 6.08. The van der Waals surface area contributed by atoms with Gasteiger partial charge in [0.2, 0.25) is 0 Å². The van der Waals surface area contributed by atoms with Gasteiger partial charge in [-0.15, -0.1) is 6.58 Å². The number of hydrogen-bond acceptors (Lipinski definition) is 6. The summed E-state index contributed by atoms with van der Waals surface area (Å²) in [7, 11) is -3.57. The van der Waals surface area contributed by atoms with Crippen molar-refractivity contribution in [1.29, 1.82) is 0 Å². The van der Waals surface area contributed by atoms with Crippen LogP contribution in [0.15, 0.2) is 43.0 Å².